The van der Waals surface area contributed by atoms with E-state index in [1.54, 1.807) is 18.2 Å². The van der Waals surface area contributed by atoms with Gasteiger partial charge in [0.1, 0.15) is 5.75 Å². The van der Waals surface area contributed by atoms with E-state index in [0.717, 1.165) is 4.47 Å². The Morgan fingerprint density at radius 3 is 2.77 bits per heavy atom. The molecule has 0 saturated heterocycles. The van der Waals surface area contributed by atoms with Gasteiger partial charge in [0, 0.05) is 22.6 Å². The summed E-state index contributed by atoms with van der Waals surface area (Å²) in [5, 5.41) is 0. The van der Waals surface area contributed by atoms with Crippen LogP contribution in [0.4, 0.5) is 10.1 Å². The third-order valence-corrected chi connectivity index (χ3v) is 1.90. The van der Waals surface area contributed by atoms with Gasteiger partial charge in [-0.25, -0.2) is 0 Å². The number of ether oxygens (including phenoxy) is 1. The zero-order chi connectivity index (χ0) is 9.68. The molecular formula is C9H11BrFNO. The van der Waals surface area contributed by atoms with Gasteiger partial charge in [0.15, 0.2) is 0 Å². The predicted molar refractivity (Wildman–Crippen MR) is 54.6 cm³/mol. The molecule has 4 heteroatoms. The number of hydrogen-bond donors (Lipinski definition) is 1. The molecule has 0 atom stereocenters. The molecule has 0 aliphatic rings. The lowest BCUT2D eigenvalue weighted by Gasteiger charge is -2.05. The van der Waals surface area contributed by atoms with E-state index in [2.05, 4.69) is 15.9 Å². The highest BCUT2D eigenvalue weighted by atomic mass is 79.9. The number of rotatable bonds is 4. The molecule has 13 heavy (non-hydrogen) atoms. The maximum atomic E-state index is 11.7. The van der Waals surface area contributed by atoms with Crippen LogP contribution < -0.4 is 10.5 Å². The Hall–Kier alpha value is -0.770. The Morgan fingerprint density at radius 1 is 1.38 bits per heavy atom. The van der Waals surface area contributed by atoms with Crippen LogP contribution in [0.3, 0.4) is 0 Å². The van der Waals surface area contributed by atoms with Gasteiger partial charge in [-0.1, -0.05) is 15.9 Å². The van der Waals surface area contributed by atoms with E-state index in [4.69, 9.17) is 10.5 Å². The van der Waals surface area contributed by atoms with Crippen LogP contribution in [-0.2, 0) is 0 Å². The predicted octanol–water partition coefficient (Wildman–Crippen LogP) is 2.77. The SMILES string of the molecule is Nc1cc(Br)cc(OCCCF)c1. The van der Waals surface area contributed by atoms with E-state index in [0.29, 0.717) is 24.5 Å². The first-order valence-corrected chi connectivity index (χ1v) is 4.76. The molecule has 1 rings (SSSR count). The third-order valence-electron chi connectivity index (χ3n) is 1.44. The fraction of sp³-hybridized carbons (Fsp3) is 0.333. The van der Waals surface area contributed by atoms with E-state index in [-0.39, 0.29) is 6.67 Å². The van der Waals surface area contributed by atoms with E-state index in [1.807, 2.05) is 0 Å². The highest BCUT2D eigenvalue weighted by molar-refractivity contribution is 9.10. The minimum absolute atomic E-state index is 0.358. The second-order valence-electron chi connectivity index (χ2n) is 2.61. The Bertz CT molecular complexity index is 260. The van der Waals surface area contributed by atoms with Crippen molar-refractivity contribution in [3.05, 3.63) is 22.7 Å². The first kappa shape index (κ1) is 10.3. The zero-order valence-electron chi connectivity index (χ0n) is 7.09. The molecule has 0 heterocycles. The summed E-state index contributed by atoms with van der Waals surface area (Å²) in [4.78, 5) is 0. The fourth-order valence-corrected chi connectivity index (χ4v) is 1.40. The average Bonchev–Trinajstić information content (AvgIpc) is 2.03. The van der Waals surface area contributed by atoms with Crippen molar-refractivity contribution < 1.29 is 9.13 Å². The van der Waals surface area contributed by atoms with Crippen molar-refractivity contribution in [2.45, 2.75) is 6.42 Å². The number of alkyl halides is 1. The molecule has 0 aromatic heterocycles. The maximum absolute atomic E-state index is 11.7. The molecule has 2 N–H and O–H groups in total. The summed E-state index contributed by atoms with van der Waals surface area (Å²) in [5.41, 5.74) is 6.21. The molecule has 2 nitrogen and oxygen atoms in total. The van der Waals surface area contributed by atoms with Gasteiger partial charge in [0.05, 0.1) is 13.3 Å². The third kappa shape index (κ3) is 3.63. The van der Waals surface area contributed by atoms with E-state index in [9.17, 15) is 4.39 Å². The molecule has 0 spiro atoms. The standard InChI is InChI=1S/C9H11BrFNO/c10-7-4-8(12)6-9(5-7)13-3-1-2-11/h4-6H,1-3,12H2. The largest absolute Gasteiger partial charge is 0.493 e. The second kappa shape index (κ2) is 5.07. The fourth-order valence-electron chi connectivity index (χ4n) is 0.912. The first-order valence-electron chi connectivity index (χ1n) is 3.97. The van der Waals surface area contributed by atoms with Crippen molar-refractivity contribution in [2.75, 3.05) is 19.0 Å². The Labute approximate surface area is 85.0 Å². The van der Waals surface area contributed by atoms with Gasteiger partial charge in [-0.3, -0.25) is 4.39 Å². The molecule has 0 amide bonds. The lowest BCUT2D eigenvalue weighted by molar-refractivity contribution is 0.289. The normalized spacial score (nSPS) is 10.0. The quantitative estimate of drug-likeness (QED) is 0.656. The molecule has 0 fully saturated rings. The molecule has 72 valence electrons. The maximum Gasteiger partial charge on any atom is 0.122 e. The van der Waals surface area contributed by atoms with Crippen LogP contribution in [0.15, 0.2) is 22.7 Å². The smallest absolute Gasteiger partial charge is 0.122 e. The van der Waals surface area contributed by atoms with E-state index >= 15 is 0 Å². The minimum Gasteiger partial charge on any atom is -0.493 e. The van der Waals surface area contributed by atoms with Crippen molar-refractivity contribution in [3.8, 4) is 5.75 Å². The van der Waals surface area contributed by atoms with Crippen molar-refractivity contribution in [1.82, 2.24) is 0 Å². The first-order chi connectivity index (χ1) is 6.22. The van der Waals surface area contributed by atoms with Crippen molar-refractivity contribution in [3.63, 3.8) is 0 Å². The van der Waals surface area contributed by atoms with Gasteiger partial charge in [-0.15, -0.1) is 0 Å². The molecule has 0 unspecified atom stereocenters. The number of nitrogens with two attached hydrogens (primary N) is 1. The van der Waals surface area contributed by atoms with Gasteiger partial charge in [0.2, 0.25) is 0 Å². The Balaban J connectivity index is 2.56. The molecule has 0 aliphatic carbocycles. The van der Waals surface area contributed by atoms with Gasteiger partial charge in [-0.2, -0.15) is 0 Å². The number of halogens is 2. The monoisotopic (exact) mass is 247 g/mol. The summed E-state index contributed by atoms with van der Waals surface area (Å²) in [6.07, 6.45) is 0.409. The second-order valence-corrected chi connectivity index (χ2v) is 3.53. The Kier molecular flexibility index (Phi) is 4.02. The van der Waals surface area contributed by atoms with Crippen LogP contribution in [0.5, 0.6) is 5.75 Å². The minimum atomic E-state index is -0.358. The number of anilines is 1. The van der Waals surface area contributed by atoms with Gasteiger partial charge in [0.25, 0.3) is 0 Å². The summed E-state index contributed by atoms with van der Waals surface area (Å²) in [5.74, 6) is 0.667. The van der Waals surface area contributed by atoms with Crippen LogP contribution >= 0.6 is 15.9 Å². The highest BCUT2D eigenvalue weighted by Gasteiger charge is 1.97. The van der Waals surface area contributed by atoms with Gasteiger partial charge >= 0.3 is 0 Å². The van der Waals surface area contributed by atoms with Crippen molar-refractivity contribution in [2.24, 2.45) is 0 Å². The average molecular weight is 248 g/mol. The van der Waals surface area contributed by atoms with Crippen LogP contribution in [0.25, 0.3) is 0 Å². The molecule has 0 saturated carbocycles. The number of benzene rings is 1. The highest BCUT2D eigenvalue weighted by Crippen LogP contribution is 2.22. The lowest BCUT2D eigenvalue weighted by Crippen LogP contribution is -1.98. The van der Waals surface area contributed by atoms with Crippen LogP contribution in [0, 0.1) is 0 Å². The summed E-state index contributed by atoms with van der Waals surface area (Å²) >= 11 is 3.29. The summed E-state index contributed by atoms with van der Waals surface area (Å²) in [6.45, 7) is 0.0237. The Morgan fingerprint density at radius 2 is 2.15 bits per heavy atom. The molecule has 0 aliphatic heterocycles. The van der Waals surface area contributed by atoms with E-state index in [1.165, 1.54) is 0 Å². The van der Waals surface area contributed by atoms with Gasteiger partial charge in [-0.05, 0) is 12.1 Å². The van der Waals surface area contributed by atoms with Crippen molar-refractivity contribution in [1.29, 1.82) is 0 Å². The molecule has 0 bridgehead atoms. The molecule has 0 radical (unpaired) electrons. The lowest BCUT2D eigenvalue weighted by atomic mass is 10.3. The van der Waals surface area contributed by atoms with Crippen molar-refractivity contribution >= 4 is 21.6 Å². The number of hydrogen-bond acceptors (Lipinski definition) is 2. The summed E-state index contributed by atoms with van der Waals surface area (Å²) in [7, 11) is 0. The number of nitrogen functional groups attached to an aromatic ring is 1. The van der Waals surface area contributed by atoms with Gasteiger partial charge < -0.3 is 10.5 Å². The van der Waals surface area contributed by atoms with E-state index < -0.39 is 0 Å². The van der Waals surface area contributed by atoms with Crippen LogP contribution in [0.2, 0.25) is 0 Å². The molecular weight excluding hydrogens is 237 g/mol. The van der Waals surface area contributed by atoms with Crippen LogP contribution in [0.1, 0.15) is 6.42 Å². The summed E-state index contributed by atoms with van der Waals surface area (Å²) < 4.78 is 17.9. The zero-order valence-corrected chi connectivity index (χ0v) is 8.68. The summed E-state index contributed by atoms with van der Waals surface area (Å²) in [6, 6.07) is 5.29. The molecule has 1 aromatic carbocycles. The van der Waals surface area contributed by atoms with Crippen LogP contribution in [-0.4, -0.2) is 13.3 Å². The molecule has 1 aromatic rings. The topological polar surface area (TPSA) is 35.2 Å².